The van der Waals surface area contributed by atoms with Crippen LogP contribution in [-0.4, -0.2) is 29.4 Å². The maximum Gasteiger partial charge on any atom is 0.280 e. The van der Waals surface area contributed by atoms with Crippen molar-refractivity contribution in [1.82, 2.24) is 15.6 Å². The molecule has 0 aromatic carbocycles. The van der Waals surface area contributed by atoms with Crippen LogP contribution in [-0.2, 0) is 4.79 Å². The molecule has 2 aliphatic rings. The van der Waals surface area contributed by atoms with Gasteiger partial charge in [-0.05, 0) is 25.7 Å². The van der Waals surface area contributed by atoms with Gasteiger partial charge in [0.2, 0.25) is 5.91 Å². The van der Waals surface area contributed by atoms with Gasteiger partial charge in [0.15, 0.2) is 5.01 Å². The molecule has 2 N–H and O–H groups in total. The summed E-state index contributed by atoms with van der Waals surface area (Å²) >= 11 is 1.34. The molecule has 0 radical (unpaired) electrons. The first kappa shape index (κ1) is 12.6. The van der Waals surface area contributed by atoms with Gasteiger partial charge in [0.1, 0.15) is 0 Å². The highest BCUT2D eigenvalue weighted by molar-refractivity contribution is 7.11. The molecule has 5 nitrogen and oxygen atoms in total. The zero-order valence-corrected chi connectivity index (χ0v) is 11.5. The Morgan fingerprint density at radius 2 is 2.42 bits per heavy atom. The molecule has 2 amide bonds. The van der Waals surface area contributed by atoms with Crippen LogP contribution >= 0.6 is 11.3 Å². The third kappa shape index (κ3) is 2.36. The van der Waals surface area contributed by atoms with Gasteiger partial charge in [0, 0.05) is 24.2 Å². The fraction of sp³-hybridized carbons (Fsp3) is 0.615. The van der Waals surface area contributed by atoms with Crippen molar-refractivity contribution in [2.45, 2.75) is 38.1 Å². The monoisotopic (exact) mass is 279 g/mol. The zero-order valence-electron chi connectivity index (χ0n) is 10.6. The summed E-state index contributed by atoms with van der Waals surface area (Å²) in [6.45, 7) is 0.770. The normalized spacial score (nSPS) is 30.3. The van der Waals surface area contributed by atoms with Gasteiger partial charge in [-0.3, -0.25) is 9.59 Å². The van der Waals surface area contributed by atoms with Crippen LogP contribution in [0.4, 0.5) is 0 Å². The Bertz CT molecular complexity index is 488. The number of hydrogen-bond acceptors (Lipinski definition) is 4. The summed E-state index contributed by atoms with van der Waals surface area (Å²) in [5.41, 5.74) is -0.237. The summed E-state index contributed by atoms with van der Waals surface area (Å²) in [5, 5.41) is 8.23. The fourth-order valence-electron chi connectivity index (χ4n) is 3.22. The van der Waals surface area contributed by atoms with Gasteiger partial charge in [-0.25, -0.2) is 4.98 Å². The lowest BCUT2D eigenvalue weighted by atomic mass is 9.71. The van der Waals surface area contributed by atoms with Crippen molar-refractivity contribution in [3.05, 3.63) is 16.6 Å². The number of rotatable bonds is 2. The van der Waals surface area contributed by atoms with E-state index < -0.39 is 0 Å². The fourth-order valence-corrected chi connectivity index (χ4v) is 3.76. The minimum atomic E-state index is -0.237. The first-order valence-electron chi connectivity index (χ1n) is 6.68. The van der Waals surface area contributed by atoms with Crippen molar-refractivity contribution in [1.29, 1.82) is 0 Å². The predicted octanol–water partition coefficient (Wildman–Crippen LogP) is 1.32. The van der Waals surface area contributed by atoms with Crippen molar-refractivity contribution in [2.75, 3.05) is 6.54 Å². The average Bonchev–Trinajstić information content (AvgIpc) is 3.02. The van der Waals surface area contributed by atoms with Crippen LogP contribution in [0.1, 0.15) is 41.9 Å². The van der Waals surface area contributed by atoms with E-state index in [9.17, 15) is 9.59 Å². The van der Waals surface area contributed by atoms with Gasteiger partial charge >= 0.3 is 0 Å². The molecule has 2 unspecified atom stereocenters. The highest BCUT2D eigenvalue weighted by Gasteiger charge is 2.45. The van der Waals surface area contributed by atoms with Gasteiger partial charge in [0.05, 0.1) is 5.41 Å². The predicted molar refractivity (Wildman–Crippen MR) is 71.9 cm³/mol. The molecule has 1 aromatic heterocycles. The topological polar surface area (TPSA) is 71.1 Å². The third-order valence-electron chi connectivity index (χ3n) is 4.18. The van der Waals surface area contributed by atoms with Gasteiger partial charge in [-0.2, -0.15) is 0 Å². The number of nitrogens with zero attached hydrogens (tertiary/aromatic N) is 1. The smallest absolute Gasteiger partial charge is 0.280 e. The van der Waals surface area contributed by atoms with Crippen LogP contribution < -0.4 is 10.6 Å². The number of thiazole rings is 1. The third-order valence-corrected chi connectivity index (χ3v) is 4.95. The molecule has 1 aliphatic carbocycles. The van der Waals surface area contributed by atoms with E-state index in [0.29, 0.717) is 5.01 Å². The van der Waals surface area contributed by atoms with Crippen LogP contribution in [0.2, 0.25) is 0 Å². The van der Waals surface area contributed by atoms with Crippen molar-refractivity contribution in [2.24, 2.45) is 5.41 Å². The van der Waals surface area contributed by atoms with Crippen molar-refractivity contribution >= 4 is 23.2 Å². The molecule has 0 bridgehead atoms. The second kappa shape index (κ2) is 4.92. The summed E-state index contributed by atoms with van der Waals surface area (Å²) in [4.78, 5) is 28.0. The second-order valence-electron chi connectivity index (χ2n) is 5.39. The van der Waals surface area contributed by atoms with Gasteiger partial charge in [-0.15, -0.1) is 11.3 Å². The van der Waals surface area contributed by atoms with Crippen LogP contribution in [0.5, 0.6) is 0 Å². The van der Waals surface area contributed by atoms with Crippen LogP contribution in [0, 0.1) is 5.41 Å². The summed E-state index contributed by atoms with van der Waals surface area (Å²) < 4.78 is 0. The van der Waals surface area contributed by atoms with E-state index >= 15 is 0 Å². The first-order chi connectivity index (χ1) is 9.20. The minimum absolute atomic E-state index is 0.0917. The summed E-state index contributed by atoms with van der Waals surface area (Å²) in [7, 11) is 0. The summed E-state index contributed by atoms with van der Waals surface area (Å²) in [6.07, 6.45) is 6.18. The number of carbonyl (C=O) groups is 2. The SMILES string of the molecule is O=C(NC1CCCC2(CCNC2=O)C1)c1nccs1. The molecular weight excluding hydrogens is 262 g/mol. The molecule has 1 aliphatic heterocycles. The Morgan fingerprint density at radius 3 is 3.11 bits per heavy atom. The Balaban J connectivity index is 1.66. The number of carbonyl (C=O) groups excluding carboxylic acids is 2. The highest BCUT2D eigenvalue weighted by atomic mass is 32.1. The quantitative estimate of drug-likeness (QED) is 0.857. The van der Waals surface area contributed by atoms with E-state index in [1.54, 1.807) is 11.6 Å². The Morgan fingerprint density at radius 1 is 1.53 bits per heavy atom. The number of aromatic nitrogens is 1. The van der Waals surface area contributed by atoms with Crippen molar-refractivity contribution in [3.8, 4) is 0 Å². The zero-order chi connectivity index (χ0) is 13.3. The first-order valence-corrected chi connectivity index (χ1v) is 7.56. The molecular formula is C13H17N3O2S. The number of amides is 2. The molecule has 2 atom stereocenters. The number of hydrogen-bond donors (Lipinski definition) is 2. The van der Waals surface area contributed by atoms with E-state index in [1.165, 1.54) is 11.3 Å². The summed E-state index contributed by atoms with van der Waals surface area (Å²) in [6, 6.07) is 0.0917. The summed E-state index contributed by atoms with van der Waals surface area (Å²) in [5.74, 6) is 0.0520. The lowest BCUT2D eigenvalue weighted by Crippen LogP contribution is -2.45. The molecule has 19 heavy (non-hydrogen) atoms. The van der Waals surface area contributed by atoms with E-state index in [0.717, 1.165) is 38.6 Å². The standard InChI is InChI=1S/C13H17N3O2S/c17-10(11-14-6-7-19-11)16-9-2-1-3-13(8-9)4-5-15-12(13)18/h6-7,9H,1-5,8H2,(H,15,18)(H,16,17). The Labute approximate surface area is 115 Å². The Kier molecular flexibility index (Phi) is 3.26. The molecule has 1 aromatic rings. The molecule has 6 heteroatoms. The van der Waals surface area contributed by atoms with E-state index in [2.05, 4.69) is 15.6 Å². The van der Waals surface area contributed by atoms with Gasteiger partial charge in [-0.1, -0.05) is 6.42 Å². The number of nitrogens with one attached hydrogen (secondary N) is 2. The maximum absolute atomic E-state index is 12.0. The maximum atomic E-state index is 12.0. The van der Waals surface area contributed by atoms with E-state index in [4.69, 9.17) is 0 Å². The lowest BCUT2D eigenvalue weighted by molar-refractivity contribution is -0.129. The van der Waals surface area contributed by atoms with Crippen LogP contribution in [0.3, 0.4) is 0 Å². The molecule has 1 saturated heterocycles. The van der Waals surface area contributed by atoms with Crippen LogP contribution in [0.25, 0.3) is 0 Å². The second-order valence-corrected chi connectivity index (χ2v) is 6.28. The molecule has 102 valence electrons. The Hall–Kier alpha value is -1.43. The van der Waals surface area contributed by atoms with E-state index in [1.807, 2.05) is 0 Å². The highest BCUT2D eigenvalue weighted by Crippen LogP contribution is 2.41. The molecule has 3 rings (SSSR count). The van der Waals surface area contributed by atoms with Gasteiger partial charge in [0.25, 0.3) is 5.91 Å². The van der Waals surface area contributed by atoms with Crippen molar-refractivity contribution in [3.63, 3.8) is 0 Å². The van der Waals surface area contributed by atoms with Crippen LogP contribution in [0.15, 0.2) is 11.6 Å². The van der Waals surface area contributed by atoms with E-state index in [-0.39, 0.29) is 23.3 Å². The minimum Gasteiger partial charge on any atom is -0.356 e. The van der Waals surface area contributed by atoms with Crippen molar-refractivity contribution < 1.29 is 9.59 Å². The molecule has 1 saturated carbocycles. The lowest BCUT2D eigenvalue weighted by Gasteiger charge is -2.35. The van der Waals surface area contributed by atoms with Gasteiger partial charge < -0.3 is 10.6 Å². The molecule has 2 fully saturated rings. The molecule has 2 heterocycles. The average molecular weight is 279 g/mol. The largest absolute Gasteiger partial charge is 0.356 e. The molecule has 1 spiro atoms.